The number of hydrogen-bond donors (Lipinski definition) is 3. The second-order valence-corrected chi connectivity index (χ2v) is 7.91. The molecule has 1 aliphatic carbocycles. The highest BCUT2D eigenvalue weighted by Crippen LogP contribution is 2.26. The third-order valence-electron chi connectivity index (χ3n) is 5.39. The van der Waals surface area contributed by atoms with E-state index in [0.29, 0.717) is 24.6 Å². The van der Waals surface area contributed by atoms with Crippen LogP contribution in [0.2, 0.25) is 0 Å². The molecule has 0 atom stereocenters. The van der Waals surface area contributed by atoms with E-state index >= 15 is 0 Å². The highest BCUT2D eigenvalue weighted by Gasteiger charge is 2.21. The fraction of sp³-hybridized carbons (Fsp3) is 0.476. The molecule has 1 fully saturated rings. The van der Waals surface area contributed by atoms with Gasteiger partial charge < -0.3 is 20.9 Å². The zero-order valence-electron chi connectivity index (χ0n) is 17.8. The standard InChI is InChI=1S/C21H29N7.3ClH/c1-14(2)28-13-24-18-19(23-12-15-6-4-3-5-7-15)26-21(27-20(18)28)25-17-10-8-16(22)9-11-17;;;/h3-7,13-14,16-17H,8-12,22H2,1-2H3,(H2,23,25,26,27);3*1H/t16-,17-;;;. The lowest BCUT2D eigenvalue weighted by molar-refractivity contribution is 0.410. The summed E-state index contributed by atoms with van der Waals surface area (Å²) in [5.41, 5.74) is 8.91. The number of hydrogen-bond acceptors (Lipinski definition) is 6. The Bertz CT molecular complexity index is 925. The van der Waals surface area contributed by atoms with Gasteiger partial charge in [-0.05, 0) is 45.1 Å². The molecule has 1 aliphatic rings. The van der Waals surface area contributed by atoms with Gasteiger partial charge in [0.25, 0.3) is 0 Å². The van der Waals surface area contributed by atoms with Crippen molar-refractivity contribution < 1.29 is 0 Å². The molecule has 0 aliphatic heterocycles. The summed E-state index contributed by atoms with van der Waals surface area (Å²) >= 11 is 0. The van der Waals surface area contributed by atoms with Gasteiger partial charge in [-0.25, -0.2) is 4.98 Å². The van der Waals surface area contributed by atoms with Crippen molar-refractivity contribution in [3.8, 4) is 0 Å². The first-order valence-electron chi connectivity index (χ1n) is 10.1. The Morgan fingerprint density at radius 3 is 2.35 bits per heavy atom. The summed E-state index contributed by atoms with van der Waals surface area (Å²) in [6, 6.07) is 11.3. The highest BCUT2D eigenvalue weighted by atomic mass is 35.5. The summed E-state index contributed by atoms with van der Waals surface area (Å²) in [4.78, 5) is 14.1. The molecule has 31 heavy (non-hydrogen) atoms. The van der Waals surface area contributed by atoms with Crippen molar-refractivity contribution in [3.63, 3.8) is 0 Å². The maximum atomic E-state index is 6.04. The van der Waals surface area contributed by atoms with Crippen LogP contribution in [0.1, 0.15) is 51.1 Å². The van der Waals surface area contributed by atoms with Gasteiger partial charge in [-0.15, -0.1) is 37.2 Å². The predicted molar refractivity (Wildman–Crippen MR) is 135 cm³/mol. The molecule has 10 heteroatoms. The molecule has 0 radical (unpaired) electrons. The van der Waals surface area contributed by atoms with Gasteiger partial charge in [-0.3, -0.25) is 0 Å². The van der Waals surface area contributed by atoms with Gasteiger partial charge >= 0.3 is 0 Å². The maximum Gasteiger partial charge on any atom is 0.227 e. The number of aromatic nitrogens is 4. The highest BCUT2D eigenvalue weighted by molar-refractivity contribution is 5.86. The summed E-state index contributed by atoms with van der Waals surface area (Å²) < 4.78 is 2.09. The minimum Gasteiger partial charge on any atom is -0.364 e. The van der Waals surface area contributed by atoms with Crippen LogP contribution in [0, 0.1) is 0 Å². The van der Waals surface area contributed by atoms with Gasteiger partial charge in [-0.1, -0.05) is 30.3 Å². The van der Waals surface area contributed by atoms with E-state index in [9.17, 15) is 0 Å². The van der Waals surface area contributed by atoms with Gasteiger partial charge in [0.1, 0.15) is 0 Å². The van der Waals surface area contributed by atoms with E-state index in [1.165, 1.54) is 5.56 Å². The first-order chi connectivity index (χ1) is 13.6. The molecule has 7 nitrogen and oxygen atoms in total. The molecule has 0 amide bonds. The van der Waals surface area contributed by atoms with E-state index < -0.39 is 0 Å². The molecular weight excluding hydrogens is 457 g/mol. The molecular formula is C21H32Cl3N7. The van der Waals surface area contributed by atoms with Crippen molar-refractivity contribution in [2.45, 2.75) is 64.2 Å². The summed E-state index contributed by atoms with van der Waals surface area (Å²) in [5.74, 6) is 1.43. The van der Waals surface area contributed by atoms with Crippen LogP contribution in [0.4, 0.5) is 11.8 Å². The summed E-state index contributed by atoms with van der Waals surface area (Å²) in [6.07, 6.45) is 6.05. The van der Waals surface area contributed by atoms with Crippen LogP contribution < -0.4 is 16.4 Å². The smallest absolute Gasteiger partial charge is 0.227 e. The van der Waals surface area contributed by atoms with Crippen LogP contribution in [0.15, 0.2) is 36.7 Å². The number of anilines is 2. The zero-order chi connectivity index (χ0) is 19.5. The topological polar surface area (TPSA) is 93.7 Å². The van der Waals surface area contributed by atoms with Gasteiger partial charge in [0.15, 0.2) is 17.0 Å². The van der Waals surface area contributed by atoms with Crippen LogP contribution in [0.25, 0.3) is 11.2 Å². The number of benzene rings is 1. The van der Waals surface area contributed by atoms with E-state index in [4.69, 9.17) is 15.7 Å². The lowest BCUT2D eigenvalue weighted by atomic mass is 9.92. The van der Waals surface area contributed by atoms with Crippen LogP contribution in [-0.4, -0.2) is 31.6 Å². The van der Waals surface area contributed by atoms with Crippen LogP contribution >= 0.6 is 37.2 Å². The molecule has 4 N–H and O–H groups in total. The number of halogens is 3. The van der Waals surface area contributed by atoms with Crippen molar-refractivity contribution in [2.24, 2.45) is 5.73 Å². The zero-order valence-corrected chi connectivity index (χ0v) is 20.3. The van der Waals surface area contributed by atoms with E-state index in [2.05, 4.69) is 46.2 Å². The average Bonchev–Trinajstić information content (AvgIpc) is 3.13. The van der Waals surface area contributed by atoms with Gasteiger partial charge in [-0.2, -0.15) is 9.97 Å². The number of fused-ring (bicyclic) bond motifs is 1. The summed E-state index contributed by atoms with van der Waals surface area (Å²) in [5, 5.41) is 6.98. The number of rotatable bonds is 6. The van der Waals surface area contributed by atoms with Crippen molar-refractivity contribution in [3.05, 3.63) is 42.2 Å². The number of imidazole rings is 1. The molecule has 0 bridgehead atoms. The van der Waals surface area contributed by atoms with E-state index in [1.807, 2.05) is 24.5 Å². The molecule has 0 spiro atoms. The summed E-state index contributed by atoms with van der Waals surface area (Å²) in [7, 11) is 0. The number of nitrogens with two attached hydrogens (primary N) is 1. The van der Waals surface area contributed by atoms with Crippen molar-refractivity contribution in [2.75, 3.05) is 10.6 Å². The number of nitrogens with zero attached hydrogens (tertiary/aromatic N) is 4. The molecule has 3 aromatic rings. The van der Waals surface area contributed by atoms with Crippen molar-refractivity contribution >= 4 is 60.2 Å². The van der Waals surface area contributed by atoms with Crippen LogP contribution in [0.5, 0.6) is 0 Å². The molecule has 4 rings (SSSR count). The Labute approximate surface area is 202 Å². The third-order valence-corrected chi connectivity index (χ3v) is 5.39. The minimum atomic E-state index is 0. The SMILES string of the molecule is CC(C)n1cnc2c(NCc3ccccc3)nc(N[C@H]3CC[C@H](N)CC3)nc21.Cl.Cl.Cl. The fourth-order valence-electron chi connectivity index (χ4n) is 3.71. The Kier molecular flexibility index (Phi) is 10.8. The lowest BCUT2D eigenvalue weighted by Crippen LogP contribution is -2.33. The maximum absolute atomic E-state index is 6.04. The molecule has 1 saturated carbocycles. The normalized spacial score (nSPS) is 17.9. The number of nitrogens with one attached hydrogen (secondary N) is 2. The first-order valence-corrected chi connectivity index (χ1v) is 10.1. The Hall–Kier alpha value is -1.80. The van der Waals surface area contributed by atoms with Crippen LogP contribution in [-0.2, 0) is 6.54 Å². The fourth-order valence-corrected chi connectivity index (χ4v) is 3.71. The van der Waals surface area contributed by atoms with E-state index in [-0.39, 0.29) is 43.3 Å². The second kappa shape index (κ2) is 12.3. The van der Waals surface area contributed by atoms with Gasteiger partial charge in [0.2, 0.25) is 5.95 Å². The molecule has 2 aromatic heterocycles. The first kappa shape index (κ1) is 27.2. The van der Waals surface area contributed by atoms with Crippen LogP contribution in [0.3, 0.4) is 0 Å². The van der Waals surface area contributed by atoms with Gasteiger partial charge in [0.05, 0.1) is 6.33 Å². The predicted octanol–water partition coefficient (Wildman–Crippen LogP) is 4.97. The monoisotopic (exact) mass is 487 g/mol. The quantitative estimate of drug-likeness (QED) is 0.454. The summed E-state index contributed by atoms with van der Waals surface area (Å²) in [6.45, 7) is 4.96. The molecule has 2 heterocycles. The second-order valence-electron chi connectivity index (χ2n) is 7.91. The molecule has 172 valence electrons. The van der Waals surface area contributed by atoms with E-state index in [1.54, 1.807) is 0 Å². The average molecular weight is 489 g/mol. The van der Waals surface area contributed by atoms with E-state index in [0.717, 1.165) is 42.7 Å². The molecule has 0 saturated heterocycles. The molecule has 0 unspecified atom stereocenters. The Morgan fingerprint density at radius 1 is 1.03 bits per heavy atom. The lowest BCUT2D eigenvalue weighted by Gasteiger charge is -2.27. The third kappa shape index (κ3) is 6.59. The van der Waals surface area contributed by atoms with Crippen molar-refractivity contribution in [1.82, 2.24) is 19.5 Å². The van der Waals surface area contributed by atoms with Gasteiger partial charge in [0, 0.05) is 24.7 Å². The molecule has 1 aromatic carbocycles. The largest absolute Gasteiger partial charge is 0.364 e. The minimum absolute atomic E-state index is 0. The Balaban J connectivity index is 0.00000160. The Morgan fingerprint density at radius 2 is 1.71 bits per heavy atom. The van der Waals surface area contributed by atoms with Crippen molar-refractivity contribution in [1.29, 1.82) is 0 Å².